The van der Waals surface area contributed by atoms with E-state index in [0.29, 0.717) is 44.4 Å². The molecule has 0 aromatic carbocycles. The third kappa shape index (κ3) is 4.13. The quantitative estimate of drug-likeness (QED) is 0.839. The van der Waals surface area contributed by atoms with Crippen LogP contribution in [0.15, 0.2) is 12.4 Å². The number of piperazine rings is 1. The maximum atomic E-state index is 12.4. The molecule has 2 rings (SSSR count). The molecule has 2 amide bonds. The van der Waals surface area contributed by atoms with Crippen LogP contribution in [0.5, 0.6) is 0 Å². The zero-order valence-electron chi connectivity index (χ0n) is 12.9. The van der Waals surface area contributed by atoms with Crippen molar-refractivity contribution in [1.82, 2.24) is 19.6 Å². The first kappa shape index (κ1) is 16.6. The van der Waals surface area contributed by atoms with E-state index in [-0.39, 0.29) is 17.9 Å². The predicted octanol–water partition coefficient (Wildman–Crippen LogP) is 1.47. The lowest BCUT2D eigenvalue weighted by atomic mass is 10.1. The summed E-state index contributed by atoms with van der Waals surface area (Å²) in [5.41, 5.74) is 0. The van der Waals surface area contributed by atoms with E-state index >= 15 is 0 Å². The van der Waals surface area contributed by atoms with Crippen LogP contribution < -0.4 is 0 Å². The Bertz CT molecular complexity index is 526. The van der Waals surface area contributed by atoms with Crippen LogP contribution in [0, 0.1) is 5.92 Å². The Hall–Kier alpha value is -1.76. The first-order chi connectivity index (χ1) is 10.5. The first-order valence-electron chi connectivity index (χ1n) is 7.39. The number of amides is 2. The summed E-state index contributed by atoms with van der Waals surface area (Å²) in [5, 5.41) is 4.64. The summed E-state index contributed by atoms with van der Waals surface area (Å²) in [7, 11) is 0. The Kier molecular flexibility index (Phi) is 5.65. The van der Waals surface area contributed by atoms with Crippen molar-refractivity contribution in [2.75, 3.05) is 32.8 Å². The van der Waals surface area contributed by atoms with Gasteiger partial charge in [-0.25, -0.2) is 4.79 Å². The van der Waals surface area contributed by atoms with E-state index in [1.54, 1.807) is 33.8 Å². The van der Waals surface area contributed by atoms with Gasteiger partial charge in [-0.15, -0.1) is 0 Å². The van der Waals surface area contributed by atoms with Crippen molar-refractivity contribution < 1.29 is 14.3 Å². The Labute approximate surface area is 134 Å². The Balaban J connectivity index is 1.82. The number of halogens is 1. The molecule has 1 saturated heterocycles. The van der Waals surface area contributed by atoms with E-state index in [4.69, 9.17) is 16.3 Å². The standard InChI is InChI=1S/C14H21ClN4O3/c1-3-22-14(21)18-6-4-17(5-7-18)13(20)11(2)9-19-10-12(15)8-16-19/h8,10-11H,3-7,9H2,1-2H3. The second-order valence-corrected chi connectivity index (χ2v) is 5.73. The minimum Gasteiger partial charge on any atom is -0.450 e. The Morgan fingerprint density at radius 1 is 1.32 bits per heavy atom. The van der Waals surface area contributed by atoms with Crippen LogP contribution in [0.2, 0.25) is 5.02 Å². The molecule has 1 atom stereocenters. The highest BCUT2D eigenvalue weighted by Crippen LogP contribution is 2.12. The van der Waals surface area contributed by atoms with Crippen LogP contribution in [0.4, 0.5) is 4.79 Å². The predicted molar refractivity (Wildman–Crippen MR) is 81.6 cm³/mol. The third-order valence-electron chi connectivity index (χ3n) is 3.60. The van der Waals surface area contributed by atoms with Gasteiger partial charge in [0.2, 0.25) is 5.91 Å². The summed E-state index contributed by atoms with van der Waals surface area (Å²) in [4.78, 5) is 27.5. The lowest BCUT2D eigenvalue weighted by Crippen LogP contribution is -2.52. The minimum atomic E-state index is -0.311. The molecular weight excluding hydrogens is 308 g/mol. The van der Waals surface area contributed by atoms with E-state index < -0.39 is 0 Å². The van der Waals surface area contributed by atoms with Crippen LogP contribution in [0.3, 0.4) is 0 Å². The molecule has 8 heteroatoms. The Morgan fingerprint density at radius 3 is 2.50 bits per heavy atom. The lowest BCUT2D eigenvalue weighted by Gasteiger charge is -2.35. The number of aromatic nitrogens is 2. The maximum Gasteiger partial charge on any atom is 0.409 e. The molecule has 0 spiro atoms. The molecule has 0 bridgehead atoms. The summed E-state index contributed by atoms with van der Waals surface area (Å²) < 4.78 is 6.63. The number of ether oxygens (including phenoxy) is 1. The fraction of sp³-hybridized carbons (Fsp3) is 0.643. The maximum absolute atomic E-state index is 12.4. The summed E-state index contributed by atoms with van der Waals surface area (Å²) in [5.74, 6) is -0.125. The molecule has 2 heterocycles. The molecule has 1 fully saturated rings. The monoisotopic (exact) mass is 328 g/mol. The third-order valence-corrected chi connectivity index (χ3v) is 3.80. The van der Waals surface area contributed by atoms with Crippen LogP contribution in [0.1, 0.15) is 13.8 Å². The van der Waals surface area contributed by atoms with Gasteiger partial charge in [0.05, 0.1) is 30.3 Å². The number of rotatable bonds is 4. The highest BCUT2D eigenvalue weighted by atomic mass is 35.5. The van der Waals surface area contributed by atoms with Gasteiger partial charge in [-0.2, -0.15) is 5.10 Å². The summed E-state index contributed by atoms with van der Waals surface area (Å²) >= 11 is 5.82. The highest BCUT2D eigenvalue weighted by molar-refractivity contribution is 6.30. The number of carbonyl (C=O) groups is 2. The van der Waals surface area contributed by atoms with E-state index in [0.717, 1.165) is 0 Å². The van der Waals surface area contributed by atoms with Crippen molar-refractivity contribution >= 4 is 23.6 Å². The van der Waals surface area contributed by atoms with Gasteiger partial charge >= 0.3 is 6.09 Å². The molecule has 122 valence electrons. The average Bonchev–Trinajstić information content (AvgIpc) is 2.92. The molecule has 1 aliphatic rings. The smallest absolute Gasteiger partial charge is 0.409 e. The Morgan fingerprint density at radius 2 is 1.95 bits per heavy atom. The van der Waals surface area contributed by atoms with Crippen LogP contribution in [-0.2, 0) is 16.1 Å². The van der Waals surface area contributed by atoms with Crippen molar-refractivity contribution in [2.45, 2.75) is 20.4 Å². The molecular formula is C14H21ClN4O3. The van der Waals surface area contributed by atoms with E-state index in [1.165, 1.54) is 0 Å². The number of hydrogen-bond acceptors (Lipinski definition) is 4. The van der Waals surface area contributed by atoms with Crippen molar-refractivity contribution in [3.63, 3.8) is 0 Å². The van der Waals surface area contributed by atoms with Crippen LogP contribution in [0.25, 0.3) is 0 Å². The fourth-order valence-electron chi connectivity index (χ4n) is 2.43. The molecule has 0 aliphatic carbocycles. The first-order valence-corrected chi connectivity index (χ1v) is 7.77. The number of carbonyl (C=O) groups excluding carboxylic acids is 2. The number of nitrogens with zero attached hydrogens (tertiary/aromatic N) is 4. The van der Waals surface area contributed by atoms with Crippen LogP contribution in [-0.4, -0.2) is 64.4 Å². The molecule has 22 heavy (non-hydrogen) atoms. The fourth-order valence-corrected chi connectivity index (χ4v) is 2.59. The normalized spacial score (nSPS) is 16.5. The molecule has 1 unspecified atom stereocenters. The van der Waals surface area contributed by atoms with Crippen molar-refractivity contribution in [3.8, 4) is 0 Å². The zero-order chi connectivity index (χ0) is 16.1. The van der Waals surface area contributed by atoms with E-state index in [2.05, 4.69) is 5.10 Å². The van der Waals surface area contributed by atoms with Gasteiger partial charge < -0.3 is 14.5 Å². The van der Waals surface area contributed by atoms with Gasteiger partial charge in [0.1, 0.15) is 0 Å². The molecule has 1 aliphatic heterocycles. The molecule has 1 aromatic rings. The highest BCUT2D eigenvalue weighted by Gasteiger charge is 2.27. The largest absolute Gasteiger partial charge is 0.450 e. The molecule has 7 nitrogen and oxygen atoms in total. The molecule has 0 radical (unpaired) electrons. The summed E-state index contributed by atoms with van der Waals surface area (Å²) in [6.07, 6.45) is 2.94. The average molecular weight is 329 g/mol. The SMILES string of the molecule is CCOC(=O)N1CCN(C(=O)C(C)Cn2cc(Cl)cn2)CC1. The van der Waals surface area contributed by atoms with Gasteiger partial charge in [-0.05, 0) is 6.92 Å². The summed E-state index contributed by atoms with van der Waals surface area (Å²) in [6.45, 7) is 6.57. The second kappa shape index (κ2) is 7.49. The van der Waals surface area contributed by atoms with Crippen molar-refractivity contribution in [3.05, 3.63) is 17.4 Å². The minimum absolute atomic E-state index is 0.0649. The van der Waals surface area contributed by atoms with E-state index in [9.17, 15) is 9.59 Å². The topological polar surface area (TPSA) is 67.7 Å². The van der Waals surface area contributed by atoms with Gasteiger partial charge in [0, 0.05) is 32.4 Å². The van der Waals surface area contributed by atoms with Crippen molar-refractivity contribution in [2.24, 2.45) is 5.92 Å². The molecule has 0 N–H and O–H groups in total. The van der Waals surface area contributed by atoms with E-state index in [1.807, 2.05) is 6.92 Å². The molecule has 1 aromatic heterocycles. The summed E-state index contributed by atoms with van der Waals surface area (Å²) in [6, 6.07) is 0. The van der Waals surface area contributed by atoms with Gasteiger partial charge in [0.25, 0.3) is 0 Å². The second-order valence-electron chi connectivity index (χ2n) is 5.29. The molecule has 0 saturated carbocycles. The lowest BCUT2D eigenvalue weighted by molar-refractivity contribution is -0.137. The van der Waals surface area contributed by atoms with Gasteiger partial charge in [-0.1, -0.05) is 18.5 Å². The van der Waals surface area contributed by atoms with Crippen LogP contribution >= 0.6 is 11.6 Å². The van der Waals surface area contributed by atoms with Gasteiger partial charge in [0.15, 0.2) is 0 Å². The number of hydrogen-bond donors (Lipinski definition) is 0. The van der Waals surface area contributed by atoms with Gasteiger partial charge in [-0.3, -0.25) is 9.48 Å². The zero-order valence-corrected chi connectivity index (χ0v) is 13.6. The van der Waals surface area contributed by atoms with Crippen molar-refractivity contribution in [1.29, 1.82) is 0 Å².